The first kappa shape index (κ1) is 13.2. The molecule has 0 unspecified atom stereocenters. The fourth-order valence-corrected chi connectivity index (χ4v) is 2.23. The smallest absolute Gasteiger partial charge is 0.0650 e. The summed E-state index contributed by atoms with van der Waals surface area (Å²) in [6.45, 7) is 2.03. The molecule has 0 atom stereocenters. The average Bonchev–Trinajstić information content (AvgIpc) is 2.93. The lowest BCUT2D eigenvalue weighted by Gasteiger charge is -2.05. The van der Waals surface area contributed by atoms with Crippen LogP contribution in [0.15, 0.2) is 36.5 Å². The van der Waals surface area contributed by atoms with Crippen molar-refractivity contribution in [3.8, 4) is 11.3 Å². The molecular formula is C14H19N3S. The van der Waals surface area contributed by atoms with E-state index in [0.717, 1.165) is 18.8 Å². The molecule has 0 bridgehead atoms. The van der Waals surface area contributed by atoms with E-state index in [2.05, 4.69) is 46.0 Å². The van der Waals surface area contributed by atoms with E-state index in [4.69, 9.17) is 0 Å². The van der Waals surface area contributed by atoms with Crippen LogP contribution < -0.4 is 5.32 Å². The van der Waals surface area contributed by atoms with Crippen LogP contribution in [0.4, 0.5) is 0 Å². The SMILES string of the molecule is CSCCCNCc1ccc(-c2ccn[nH]2)cc1. The van der Waals surface area contributed by atoms with Crippen LogP contribution in [0.2, 0.25) is 0 Å². The Labute approximate surface area is 112 Å². The monoisotopic (exact) mass is 261 g/mol. The van der Waals surface area contributed by atoms with Gasteiger partial charge in [0.2, 0.25) is 0 Å². The molecule has 1 heterocycles. The molecular weight excluding hydrogens is 242 g/mol. The van der Waals surface area contributed by atoms with Gasteiger partial charge in [-0.2, -0.15) is 16.9 Å². The number of H-pyrrole nitrogens is 1. The van der Waals surface area contributed by atoms with E-state index < -0.39 is 0 Å². The van der Waals surface area contributed by atoms with E-state index in [-0.39, 0.29) is 0 Å². The molecule has 0 aliphatic carbocycles. The molecule has 0 amide bonds. The Morgan fingerprint density at radius 3 is 2.72 bits per heavy atom. The van der Waals surface area contributed by atoms with Gasteiger partial charge in [0.05, 0.1) is 5.69 Å². The number of aromatic amines is 1. The number of hydrogen-bond acceptors (Lipinski definition) is 3. The molecule has 4 heteroatoms. The summed E-state index contributed by atoms with van der Waals surface area (Å²) >= 11 is 1.90. The lowest BCUT2D eigenvalue weighted by atomic mass is 10.1. The molecule has 1 aromatic heterocycles. The van der Waals surface area contributed by atoms with Crippen LogP contribution in [-0.2, 0) is 6.54 Å². The Hall–Kier alpha value is -1.26. The molecule has 0 saturated carbocycles. The highest BCUT2D eigenvalue weighted by molar-refractivity contribution is 7.98. The first-order valence-electron chi connectivity index (χ1n) is 6.18. The Morgan fingerprint density at radius 2 is 2.06 bits per heavy atom. The van der Waals surface area contributed by atoms with Gasteiger partial charge in [0, 0.05) is 12.7 Å². The quantitative estimate of drug-likeness (QED) is 0.753. The van der Waals surface area contributed by atoms with Gasteiger partial charge in [0.25, 0.3) is 0 Å². The van der Waals surface area contributed by atoms with Gasteiger partial charge in [0.15, 0.2) is 0 Å². The van der Waals surface area contributed by atoms with Gasteiger partial charge in [-0.1, -0.05) is 24.3 Å². The third-order valence-corrected chi connectivity index (χ3v) is 3.49. The third kappa shape index (κ3) is 3.89. The van der Waals surface area contributed by atoms with Gasteiger partial charge < -0.3 is 5.32 Å². The van der Waals surface area contributed by atoms with Crippen LogP contribution in [0.25, 0.3) is 11.3 Å². The van der Waals surface area contributed by atoms with E-state index in [1.807, 2.05) is 17.8 Å². The first-order chi connectivity index (χ1) is 8.90. The molecule has 0 fully saturated rings. The zero-order valence-electron chi connectivity index (χ0n) is 10.6. The minimum absolute atomic E-state index is 0.942. The highest BCUT2D eigenvalue weighted by Crippen LogP contribution is 2.16. The van der Waals surface area contributed by atoms with Crippen molar-refractivity contribution in [2.45, 2.75) is 13.0 Å². The number of aromatic nitrogens is 2. The Bertz CT molecular complexity index is 437. The fraction of sp³-hybridized carbons (Fsp3) is 0.357. The van der Waals surface area contributed by atoms with E-state index in [1.54, 1.807) is 6.20 Å². The van der Waals surface area contributed by atoms with Crippen LogP contribution in [-0.4, -0.2) is 28.8 Å². The third-order valence-electron chi connectivity index (χ3n) is 2.80. The molecule has 1 aromatic carbocycles. The number of nitrogens with one attached hydrogen (secondary N) is 2. The van der Waals surface area contributed by atoms with Crippen molar-refractivity contribution in [3.05, 3.63) is 42.1 Å². The molecule has 2 aromatic rings. The maximum Gasteiger partial charge on any atom is 0.0650 e. The normalized spacial score (nSPS) is 10.7. The Balaban J connectivity index is 1.81. The summed E-state index contributed by atoms with van der Waals surface area (Å²) in [5.41, 5.74) is 3.57. The van der Waals surface area contributed by atoms with Gasteiger partial charge in [-0.3, -0.25) is 5.10 Å². The largest absolute Gasteiger partial charge is 0.313 e. The molecule has 0 saturated heterocycles. The topological polar surface area (TPSA) is 40.7 Å². The Morgan fingerprint density at radius 1 is 1.22 bits per heavy atom. The van der Waals surface area contributed by atoms with Crippen molar-refractivity contribution in [2.75, 3.05) is 18.6 Å². The van der Waals surface area contributed by atoms with E-state index in [9.17, 15) is 0 Å². The van der Waals surface area contributed by atoms with Gasteiger partial charge >= 0.3 is 0 Å². The predicted octanol–water partition coefficient (Wildman–Crippen LogP) is 2.92. The summed E-state index contributed by atoms with van der Waals surface area (Å²) < 4.78 is 0. The van der Waals surface area contributed by atoms with Crippen LogP contribution in [0, 0.1) is 0 Å². The van der Waals surface area contributed by atoms with Crippen LogP contribution in [0.3, 0.4) is 0 Å². The second kappa shape index (κ2) is 7.24. The molecule has 0 spiro atoms. The second-order valence-corrected chi connectivity index (χ2v) is 5.18. The van der Waals surface area contributed by atoms with Crippen LogP contribution >= 0.6 is 11.8 Å². The minimum atomic E-state index is 0.942. The maximum atomic E-state index is 3.96. The molecule has 0 aliphatic rings. The fourth-order valence-electron chi connectivity index (χ4n) is 1.79. The lowest BCUT2D eigenvalue weighted by molar-refractivity contribution is 0.679. The minimum Gasteiger partial charge on any atom is -0.313 e. The average molecular weight is 261 g/mol. The number of nitrogens with zero attached hydrogens (tertiary/aromatic N) is 1. The Kier molecular flexibility index (Phi) is 5.30. The van der Waals surface area contributed by atoms with E-state index >= 15 is 0 Å². The number of benzene rings is 1. The van der Waals surface area contributed by atoms with Crippen molar-refractivity contribution in [1.82, 2.24) is 15.5 Å². The number of rotatable bonds is 7. The standard InChI is InChI=1S/C14H19N3S/c1-18-10-2-8-15-11-12-3-5-13(6-4-12)14-7-9-16-17-14/h3-7,9,15H,2,8,10-11H2,1H3,(H,16,17). The summed E-state index contributed by atoms with van der Waals surface area (Å²) in [6.07, 6.45) is 5.15. The molecule has 18 heavy (non-hydrogen) atoms. The molecule has 2 N–H and O–H groups in total. The molecule has 2 rings (SSSR count). The van der Waals surface area contributed by atoms with E-state index in [0.29, 0.717) is 0 Å². The number of hydrogen-bond donors (Lipinski definition) is 2. The van der Waals surface area contributed by atoms with Crippen LogP contribution in [0.1, 0.15) is 12.0 Å². The van der Waals surface area contributed by atoms with Gasteiger partial charge in [-0.05, 0) is 42.2 Å². The summed E-state index contributed by atoms with van der Waals surface area (Å²) in [5, 5.41) is 10.4. The van der Waals surface area contributed by atoms with Crippen molar-refractivity contribution in [2.24, 2.45) is 0 Å². The summed E-state index contributed by atoms with van der Waals surface area (Å²) in [6, 6.07) is 10.6. The summed E-state index contributed by atoms with van der Waals surface area (Å²) in [4.78, 5) is 0. The van der Waals surface area contributed by atoms with Gasteiger partial charge in [-0.25, -0.2) is 0 Å². The highest BCUT2D eigenvalue weighted by Gasteiger charge is 1.98. The van der Waals surface area contributed by atoms with Crippen molar-refractivity contribution < 1.29 is 0 Å². The second-order valence-electron chi connectivity index (χ2n) is 4.19. The van der Waals surface area contributed by atoms with Gasteiger partial charge in [0.1, 0.15) is 0 Å². The van der Waals surface area contributed by atoms with Crippen molar-refractivity contribution in [1.29, 1.82) is 0 Å². The number of thioether (sulfide) groups is 1. The lowest BCUT2D eigenvalue weighted by Crippen LogP contribution is -2.15. The summed E-state index contributed by atoms with van der Waals surface area (Å²) in [7, 11) is 0. The molecule has 96 valence electrons. The molecule has 0 radical (unpaired) electrons. The molecule has 0 aliphatic heterocycles. The van der Waals surface area contributed by atoms with Gasteiger partial charge in [-0.15, -0.1) is 0 Å². The first-order valence-corrected chi connectivity index (χ1v) is 7.58. The van der Waals surface area contributed by atoms with Crippen LogP contribution in [0.5, 0.6) is 0 Å². The zero-order chi connectivity index (χ0) is 12.6. The highest BCUT2D eigenvalue weighted by atomic mass is 32.2. The predicted molar refractivity (Wildman–Crippen MR) is 78.7 cm³/mol. The van der Waals surface area contributed by atoms with Crippen molar-refractivity contribution >= 4 is 11.8 Å². The maximum absolute atomic E-state index is 3.96. The van der Waals surface area contributed by atoms with Crippen molar-refractivity contribution in [3.63, 3.8) is 0 Å². The zero-order valence-corrected chi connectivity index (χ0v) is 11.5. The van der Waals surface area contributed by atoms with E-state index in [1.165, 1.54) is 23.3 Å². The summed E-state index contributed by atoms with van der Waals surface area (Å²) in [5.74, 6) is 1.23. The molecule has 3 nitrogen and oxygen atoms in total.